The first kappa shape index (κ1) is 20.4. The van der Waals surface area contributed by atoms with E-state index in [0.29, 0.717) is 12.8 Å². The molecule has 2 aromatic rings. The van der Waals surface area contributed by atoms with Gasteiger partial charge in [-0.05, 0) is 61.8 Å². The van der Waals surface area contributed by atoms with Gasteiger partial charge in [0.25, 0.3) is 11.8 Å². The molecule has 1 amide bonds. The van der Waals surface area contributed by atoms with Gasteiger partial charge in [0, 0.05) is 12.1 Å². The number of benzene rings is 1. The van der Waals surface area contributed by atoms with Crippen molar-refractivity contribution < 1.29 is 13.6 Å². The minimum Gasteiger partial charge on any atom is -0.364 e. The summed E-state index contributed by atoms with van der Waals surface area (Å²) in [6.07, 6.45) is 4.93. The Morgan fingerprint density at radius 1 is 1.13 bits per heavy atom. The van der Waals surface area contributed by atoms with Gasteiger partial charge in [-0.3, -0.25) is 4.79 Å². The molecule has 4 rings (SSSR count). The molecule has 0 spiro atoms. The van der Waals surface area contributed by atoms with Crippen LogP contribution in [0.5, 0.6) is 0 Å². The van der Waals surface area contributed by atoms with Crippen molar-refractivity contribution in [3.8, 4) is 0 Å². The quantitative estimate of drug-likeness (QED) is 0.588. The van der Waals surface area contributed by atoms with Crippen molar-refractivity contribution in [2.75, 3.05) is 10.6 Å². The lowest BCUT2D eigenvalue weighted by atomic mass is 9.87. The highest BCUT2D eigenvalue weighted by Crippen LogP contribution is 2.33. The maximum Gasteiger partial charge on any atom is 0.273 e. The molecule has 0 radical (unpaired) electrons. The molecular weight excluding hydrogens is 392 g/mol. The van der Waals surface area contributed by atoms with Crippen LogP contribution < -0.4 is 22.1 Å². The first-order valence-electron chi connectivity index (χ1n) is 10.2. The summed E-state index contributed by atoms with van der Waals surface area (Å²) < 4.78 is 27.9. The van der Waals surface area contributed by atoms with E-state index in [9.17, 15) is 13.6 Å². The molecular formula is C20H25F2N7O. The Morgan fingerprint density at radius 3 is 2.67 bits per heavy atom. The molecule has 8 nitrogen and oxygen atoms in total. The van der Waals surface area contributed by atoms with Gasteiger partial charge in [-0.15, -0.1) is 10.2 Å². The molecule has 0 unspecified atom stereocenters. The number of carbonyl (C=O) groups is 1. The van der Waals surface area contributed by atoms with E-state index in [1.807, 2.05) is 12.1 Å². The molecule has 0 aliphatic heterocycles. The number of carbonyl (C=O) groups excluding carboxylic acids is 1. The van der Waals surface area contributed by atoms with Crippen molar-refractivity contribution in [1.82, 2.24) is 15.2 Å². The summed E-state index contributed by atoms with van der Waals surface area (Å²) in [6, 6.07) is 3.92. The number of nitrogens with one attached hydrogen (secondary N) is 2. The lowest BCUT2D eigenvalue weighted by molar-refractivity contribution is -0.0555. The van der Waals surface area contributed by atoms with E-state index in [4.69, 9.17) is 11.5 Å². The summed E-state index contributed by atoms with van der Waals surface area (Å²) in [4.78, 5) is 16.1. The number of alkyl halides is 2. The van der Waals surface area contributed by atoms with Gasteiger partial charge in [0.2, 0.25) is 5.95 Å². The molecule has 1 heterocycles. The predicted octanol–water partition coefficient (Wildman–Crippen LogP) is 2.52. The molecule has 1 aromatic heterocycles. The van der Waals surface area contributed by atoms with E-state index < -0.39 is 23.9 Å². The average Bonchev–Trinajstić information content (AvgIpc) is 2.71. The van der Waals surface area contributed by atoms with Gasteiger partial charge < -0.3 is 22.1 Å². The number of halogens is 2. The third-order valence-electron chi connectivity index (χ3n) is 5.79. The first-order chi connectivity index (χ1) is 14.3. The Kier molecular flexibility index (Phi) is 5.50. The third-order valence-corrected chi connectivity index (χ3v) is 5.79. The van der Waals surface area contributed by atoms with Gasteiger partial charge in [-0.25, -0.2) is 8.78 Å². The number of hydrogen-bond acceptors (Lipinski definition) is 7. The monoisotopic (exact) mass is 417 g/mol. The summed E-state index contributed by atoms with van der Waals surface area (Å²) in [5.74, 6) is -3.62. The highest BCUT2D eigenvalue weighted by atomic mass is 19.3. The van der Waals surface area contributed by atoms with Crippen LogP contribution in [-0.2, 0) is 12.8 Å². The van der Waals surface area contributed by atoms with Crippen LogP contribution in [0.2, 0.25) is 0 Å². The van der Waals surface area contributed by atoms with Crippen molar-refractivity contribution in [2.45, 2.75) is 63.0 Å². The maximum atomic E-state index is 13.9. The zero-order valence-corrected chi connectivity index (χ0v) is 16.5. The van der Waals surface area contributed by atoms with Crippen molar-refractivity contribution in [3.05, 3.63) is 35.0 Å². The lowest BCUT2D eigenvalue weighted by Crippen LogP contribution is -2.55. The number of rotatable bonds is 5. The second-order valence-corrected chi connectivity index (χ2v) is 7.94. The summed E-state index contributed by atoms with van der Waals surface area (Å²) in [7, 11) is 0. The Morgan fingerprint density at radius 2 is 1.90 bits per heavy atom. The molecule has 10 heteroatoms. The van der Waals surface area contributed by atoms with E-state index in [1.165, 1.54) is 17.5 Å². The Balaban J connectivity index is 1.58. The zero-order valence-electron chi connectivity index (χ0n) is 16.5. The second-order valence-electron chi connectivity index (χ2n) is 7.94. The summed E-state index contributed by atoms with van der Waals surface area (Å²) in [6.45, 7) is 0. The number of amides is 1. The van der Waals surface area contributed by atoms with Gasteiger partial charge in [-0.1, -0.05) is 6.07 Å². The van der Waals surface area contributed by atoms with Gasteiger partial charge in [-0.2, -0.15) is 4.98 Å². The molecule has 2 aliphatic rings. The van der Waals surface area contributed by atoms with E-state index in [1.54, 1.807) is 0 Å². The lowest BCUT2D eigenvalue weighted by Gasteiger charge is -2.35. The van der Waals surface area contributed by atoms with E-state index in [2.05, 4.69) is 31.9 Å². The molecule has 0 bridgehead atoms. The van der Waals surface area contributed by atoms with Crippen LogP contribution >= 0.6 is 0 Å². The van der Waals surface area contributed by atoms with Gasteiger partial charge in [0.1, 0.15) is 0 Å². The molecule has 2 atom stereocenters. The number of anilines is 3. The zero-order chi connectivity index (χ0) is 21.3. The molecule has 1 saturated carbocycles. The van der Waals surface area contributed by atoms with Gasteiger partial charge in [0.05, 0.1) is 12.1 Å². The van der Waals surface area contributed by atoms with Crippen LogP contribution in [0.15, 0.2) is 18.2 Å². The van der Waals surface area contributed by atoms with E-state index >= 15 is 0 Å². The smallest absolute Gasteiger partial charge is 0.273 e. The summed E-state index contributed by atoms with van der Waals surface area (Å²) in [5, 5.41) is 13.6. The topological polar surface area (TPSA) is 132 Å². The van der Waals surface area contributed by atoms with Crippen LogP contribution in [0.1, 0.15) is 53.7 Å². The predicted molar refractivity (Wildman–Crippen MR) is 109 cm³/mol. The van der Waals surface area contributed by atoms with Crippen LogP contribution in [-0.4, -0.2) is 39.1 Å². The number of nitrogens with two attached hydrogens (primary N) is 2. The fourth-order valence-corrected chi connectivity index (χ4v) is 4.11. The number of hydrogen-bond donors (Lipinski definition) is 4. The van der Waals surface area contributed by atoms with Crippen LogP contribution in [0.4, 0.5) is 26.2 Å². The normalized spacial score (nSPS) is 22.8. The fraction of sp³-hybridized carbons (Fsp3) is 0.500. The number of primary amides is 1. The van der Waals surface area contributed by atoms with Crippen LogP contribution in [0.3, 0.4) is 0 Å². The third kappa shape index (κ3) is 4.18. The summed E-state index contributed by atoms with van der Waals surface area (Å²) >= 11 is 0. The van der Waals surface area contributed by atoms with Crippen molar-refractivity contribution in [2.24, 2.45) is 11.5 Å². The first-order valence-corrected chi connectivity index (χ1v) is 10.2. The molecule has 0 saturated heterocycles. The number of aryl methyl sites for hydroxylation is 2. The fourth-order valence-electron chi connectivity index (χ4n) is 4.11. The highest BCUT2D eigenvalue weighted by molar-refractivity contribution is 5.96. The van der Waals surface area contributed by atoms with E-state index in [-0.39, 0.29) is 23.9 Å². The molecule has 6 N–H and O–H groups in total. The van der Waals surface area contributed by atoms with Crippen molar-refractivity contribution in [1.29, 1.82) is 0 Å². The van der Waals surface area contributed by atoms with Crippen LogP contribution in [0.25, 0.3) is 0 Å². The number of nitrogens with zero attached hydrogens (tertiary/aromatic N) is 3. The van der Waals surface area contributed by atoms with E-state index in [0.717, 1.165) is 24.9 Å². The minimum absolute atomic E-state index is 0.0126. The van der Waals surface area contributed by atoms with Gasteiger partial charge in [0.15, 0.2) is 11.5 Å². The SMILES string of the molecule is NC(=O)c1nnc(N[C@@H]2CCCC(F)(F)[C@@H]2N)nc1Nc1ccc2c(c1)CCCC2. The molecule has 1 fully saturated rings. The Hall–Kier alpha value is -2.88. The molecule has 1 aromatic carbocycles. The molecule has 160 valence electrons. The summed E-state index contributed by atoms with van der Waals surface area (Å²) in [5.41, 5.74) is 14.3. The number of fused-ring (bicyclic) bond motifs is 1. The van der Waals surface area contributed by atoms with Crippen molar-refractivity contribution in [3.63, 3.8) is 0 Å². The molecule has 30 heavy (non-hydrogen) atoms. The standard InChI is InChI=1S/C20H25F2N7O/c21-20(22)9-3-6-14(16(20)23)26-19-27-18(15(17(24)30)28-29-19)25-13-8-7-11-4-1-2-5-12(11)10-13/h7-8,10,14,16H,1-6,9,23H2,(H2,24,30)(H2,25,26,27,29)/t14-,16-/m1/s1. The van der Waals surface area contributed by atoms with Crippen molar-refractivity contribution >= 4 is 23.4 Å². The average molecular weight is 417 g/mol. The maximum absolute atomic E-state index is 13.9. The number of aromatic nitrogens is 3. The minimum atomic E-state index is -2.96. The largest absolute Gasteiger partial charge is 0.364 e. The van der Waals surface area contributed by atoms with Crippen LogP contribution in [0, 0.1) is 0 Å². The Labute approximate surface area is 172 Å². The highest BCUT2D eigenvalue weighted by Gasteiger charge is 2.45. The molecule has 2 aliphatic carbocycles. The Bertz CT molecular complexity index is 953. The second kappa shape index (κ2) is 8.10. The van der Waals surface area contributed by atoms with Gasteiger partial charge >= 0.3 is 0 Å².